The largest absolute Gasteiger partial charge is 0.355 e. The minimum atomic E-state index is -0.950. The van der Waals surface area contributed by atoms with Crippen molar-refractivity contribution in [2.75, 3.05) is 6.54 Å². The molecular formula is C14H16ClF2NO. The quantitative estimate of drug-likeness (QED) is 0.848. The van der Waals surface area contributed by atoms with Crippen molar-refractivity contribution in [2.24, 2.45) is 5.92 Å². The van der Waals surface area contributed by atoms with Crippen LogP contribution in [-0.2, 0) is 11.2 Å². The highest BCUT2D eigenvalue weighted by Crippen LogP contribution is 2.29. The molecule has 1 aliphatic carbocycles. The lowest BCUT2D eigenvalue weighted by Crippen LogP contribution is -2.32. The van der Waals surface area contributed by atoms with Gasteiger partial charge in [0.1, 0.15) is 0 Å². The number of alkyl halides is 1. The lowest BCUT2D eigenvalue weighted by Gasteiger charge is -2.14. The van der Waals surface area contributed by atoms with Crippen molar-refractivity contribution in [1.82, 2.24) is 5.32 Å². The highest BCUT2D eigenvalue weighted by Gasteiger charge is 2.25. The van der Waals surface area contributed by atoms with Gasteiger partial charge in [0.25, 0.3) is 0 Å². The minimum absolute atomic E-state index is 0.0753. The molecule has 1 aliphatic rings. The van der Waals surface area contributed by atoms with Gasteiger partial charge in [0.2, 0.25) is 5.91 Å². The molecule has 0 spiro atoms. The van der Waals surface area contributed by atoms with E-state index >= 15 is 0 Å². The van der Waals surface area contributed by atoms with Gasteiger partial charge in [-0.15, -0.1) is 11.6 Å². The van der Waals surface area contributed by atoms with Crippen LogP contribution >= 0.6 is 11.6 Å². The van der Waals surface area contributed by atoms with Gasteiger partial charge in [-0.1, -0.05) is 18.6 Å². The lowest BCUT2D eigenvalue weighted by atomic mass is 10.1. The molecule has 19 heavy (non-hydrogen) atoms. The molecule has 5 heteroatoms. The van der Waals surface area contributed by atoms with E-state index in [2.05, 4.69) is 5.32 Å². The Bertz CT molecular complexity index is 467. The third-order valence-electron chi connectivity index (χ3n) is 3.51. The summed E-state index contributed by atoms with van der Waals surface area (Å²) in [6, 6.07) is 3.85. The number of rotatable bonds is 4. The van der Waals surface area contributed by atoms with E-state index in [1.165, 1.54) is 12.1 Å². The van der Waals surface area contributed by atoms with Crippen molar-refractivity contribution in [3.8, 4) is 0 Å². The topological polar surface area (TPSA) is 29.1 Å². The normalized spacial score (nSPS) is 22.5. The van der Waals surface area contributed by atoms with Gasteiger partial charge in [-0.25, -0.2) is 8.78 Å². The van der Waals surface area contributed by atoms with Gasteiger partial charge in [-0.3, -0.25) is 4.79 Å². The second kappa shape index (κ2) is 6.33. The fourth-order valence-corrected chi connectivity index (χ4v) is 2.76. The fraction of sp³-hybridized carbons (Fsp3) is 0.500. The zero-order valence-electron chi connectivity index (χ0n) is 10.5. The summed E-state index contributed by atoms with van der Waals surface area (Å²) in [5, 5.41) is 2.84. The fourth-order valence-electron chi connectivity index (χ4n) is 2.39. The Balaban J connectivity index is 1.85. The van der Waals surface area contributed by atoms with Gasteiger partial charge in [-0.2, -0.15) is 0 Å². The zero-order valence-corrected chi connectivity index (χ0v) is 11.2. The molecule has 2 atom stereocenters. The molecule has 1 aromatic carbocycles. The molecule has 2 unspecified atom stereocenters. The summed E-state index contributed by atoms with van der Waals surface area (Å²) in [7, 11) is 0. The Morgan fingerprint density at radius 1 is 1.37 bits per heavy atom. The molecule has 2 nitrogen and oxygen atoms in total. The molecule has 1 N–H and O–H groups in total. The van der Waals surface area contributed by atoms with E-state index < -0.39 is 11.6 Å². The molecule has 104 valence electrons. The number of nitrogens with one attached hydrogen (secondary N) is 1. The molecule has 1 aromatic rings. The average molecular weight is 288 g/mol. The van der Waals surface area contributed by atoms with E-state index in [1.807, 2.05) is 0 Å². The third kappa shape index (κ3) is 3.66. The number of hydrogen-bond acceptors (Lipinski definition) is 1. The van der Waals surface area contributed by atoms with E-state index in [-0.39, 0.29) is 29.2 Å². The predicted octanol–water partition coefficient (Wildman–Crippen LogP) is 3.03. The maximum absolute atomic E-state index is 13.4. The van der Waals surface area contributed by atoms with Crippen molar-refractivity contribution < 1.29 is 13.6 Å². The van der Waals surface area contributed by atoms with Crippen LogP contribution in [0, 0.1) is 17.6 Å². The summed E-state index contributed by atoms with van der Waals surface area (Å²) in [5.41, 5.74) is 0.0753. The van der Waals surface area contributed by atoms with E-state index in [0.29, 0.717) is 6.54 Å². The summed E-state index contributed by atoms with van der Waals surface area (Å²) in [6.45, 7) is 0.504. The van der Waals surface area contributed by atoms with Crippen molar-refractivity contribution in [1.29, 1.82) is 0 Å². The molecule has 0 heterocycles. The second-order valence-electron chi connectivity index (χ2n) is 4.90. The Morgan fingerprint density at radius 3 is 2.84 bits per heavy atom. The first-order valence-corrected chi connectivity index (χ1v) is 6.85. The van der Waals surface area contributed by atoms with Crippen molar-refractivity contribution in [2.45, 2.75) is 31.1 Å². The van der Waals surface area contributed by atoms with Crippen molar-refractivity contribution in [3.63, 3.8) is 0 Å². The lowest BCUT2D eigenvalue weighted by molar-refractivity contribution is -0.120. The molecule has 2 rings (SSSR count). The van der Waals surface area contributed by atoms with E-state index in [0.717, 1.165) is 25.3 Å². The summed E-state index contributed by atoms with van der Waals surface area (Å²) in [5.74, 6) is -1.90. The van der Waals surface area contributed by atoms with Gasteiger partial charge in [0, 0.05) is 17.5 Å². The molecule has 1 fully saturated rings. The van der Waals surface area contributed by atoms with Crippen molar-refractivity contribution >= 4 is 17.5 Å². The summed E-state index contributed by atoms with van der Waals surface area (Å²) in [6.07, 6.45) is 2.90. The van der Waals surface area contributed by atoms with Crippen LogP contribution in [0.15, 0.2) is 18.2 Å². The standard InChI is InChI=1S/C14H16ClF2NO/c15-11-5-1-4-10(11)8-18-13(19)7-9-3-2-6-12(16)14(9)17/h2-3,6,10-11H,1,4-5,7-8H2,(H,18,19). The molecule has 0 bridgehead atoms. The zero-order chi connectivity index (χ0) is 13.8. The molecule has 0 saturated heterocycles. The van der Waals surface area contributed by atoms with Crippen LogP contribution in [0.4, 0.5) is 8.78 Å². The van der Waals surface area contributed by atoms with Crippen LogP contribution in [-0.4, -0.2) is 17.8 Å². The van der Waals surface area contributed by atoms with Gasteiger partial charge in [0.05, 0.1) is 6.42 Å². The van der Waals surface area contributed by atoms with Crippen LogP contribution in [0.25, 0.3) is 0 Å². The number of halogens is 3. The Labute approximate surface area is 116 Å². The Hall–Kier alpha value is -1.16. The maximum atomic E-state index is 13.4. The molecular weight excluding hydrogens is 272 g/mol. The molecule has 0 radical (unpaired) electrons. The van der Waals surface area contributed by atoms with Gasteiger partial charge < -0.3 is 5.32 Å². The average Bonchev–Trinajstić information content (AvgIpc) is 2.78. The highest BCUT2D eigenvalue weighted by molar-refractivity contribution is 6.20. The van der Waals surface area contributed by atoms with Crippen LogP contribution in [0.2, 0.25) is 0 Å². The van der Waals surface area contributed by atoms with Crippen LogP contribution in [0.3, 0.4) is 0 Å². The summed E-state index contributed by atoms with van der Waals surface area (Å²) >= 11 is 6.11. The number of hydrogen-bond donors (Lipinski definition) is 1. The van der Waals surface area contributed by atoms with Crippen molar-refractivity contribution in [3.05, 3.63) is 35.4 Å². The summed E-state index contributed by atoms with van der Waals surface area (Å²) < 4.78 is 26.4. The number of carbonyl (C=O) groups excluding carboxylic acids is 1. The molecule has 1 amide bonds. The van der Waals surface area contributed by atoms with Crippen LogP contribution < -0.4 is 5.32 Å². The Morgan fingerprint density at radius 2 is 2.16 bits per heavy atom. The van der Waals surface area contributed by atoms with Gasteiger partial charge in [-0.05, 0) is 24.8 Å². The first-order chi connectivity index (χ1) is 9.08. The minimum Gasteiger partial charge on any atom is -0.355 e. The highest BCUT2D eigenvalue weighted by atomic mass is 35.5. The second-order valence-corrected chi connectivity index (χ2v) is 5.46. The molecule has 0 aliphatic heterocycles. The molecule has 0 aromatic heterocycles. The third-order valence-corrected chi connectivity index (χ3v) is 4.08. The number of carbonyl (C=O) groups is 1. The smallest absolute Gasteiger partial charge is 0.224 e. The van der Waals surface area contributed by atoms with Crippen LogP contribution in [0.5, 0.6) is 0 Å². The van der Waals surface area contributed by atoms with Gasteiger partial charge >= 0.3 is 0 Å². The van der Waals surface area contributed by atoms with E-state index in [1.54, 1.807) is 0 Å². The summed E-state index contributed by atoms with van der Waals surface area (Å²) in [4.78, 5) is 11.7. The van der Waals surface area contributed by atoms with E-state index in [9.17, 15) is 13.6 Å². The maximum Gasteiger partial charge on any atom is 0.224 e. The number of benzene rings is 1. The Kier molecular flexibility index (Phi) is 4.75. The van der Waals surface area contributed by atoms with Gasteiger partial charge in [0.15, 0.2) is 11.6 Å². The predicted molar refractivity (Wildman–Crippen MR) is 70.1 cm³/mol. The number of amides is 1. The van der Waals surface area contributed by atoms with Crippen LogP contribution in [0.1, 0.15) is 24.8 Å². The first kappa shape index (κ1) is 14.3. The first-order valence-electron chi connectivity index (χ1n) is 6.41. The SMILES string of the molecule is O=C(Cc1cccc(F)c1F)NCC1CCCC1Cl. The van der Waals surface area contributed by atoms with E-state index in [4.69, 9.17) is 11.6 Å². The monoisotopic (exact) mass is 287 g/mol. The molecule has 1 saturated carbocycles.